The van der Waals surface area contributed by atoms with Crippen molar-refractivity contribution in [3.8, 4) is 11.5 Å². The lowest BCUT2D eigenvalue weighted by atomic mass is 10.1. The van der Waals surface area contributed by atoms with Crippen molar-refractivity contribution in [2.75, 3.05) is 44.7 Å². The van der Waals surface area contributed by atoms with Crippen LogP contribution in [0.1, 0.15) is 29.4 Å². The Kier molecular flexibility index (Phi) is 8.70. The topological polar surface area (TPSA) is 107 Å². The number of carbonyl (C=O) groups excluding carboxylic acids is 2. The summed E-state index contributed by atoms with van der Waals surface area (Å²) < 4.78 is 19.5. The van der Waals surface area contributed by atoms with Crippen molar-refractivity contribution in [1.82, 2.24) is 30.8 Å². The maximum Gasteiger partial charge on any atom is 0.257 e. The highest BCUT2D eigenvalue weighted by Gasteiger charge is 2.28. The number of halogens is 1. The minimum Gasteiger partial charge on any atom is -0.353 e. The highest BCUT2D eigenvalue weighted by atomic mass is 19.1. The predicted octanol–water partition coefficient (Wildman–Crippen LogP) is 2.41. The van der Waals surface area contributed by atoms with Gasteiger partial charge in [0.15, 0.2) is 5.82 Å². The van der Waals surface area contributed by atoms with E-state index in [1.807, 2.05) is 38.1 Å². The van der Waals surface area contributed by atoms with Gasteiger partial charge in [-0.15, -0.1) is 0 Å². The normalized spacial score (nSPS) is 12.9. The quantitative estimate of drug-likeness (QED) is 0.369. The third-order valence-electron chi connectivity index (χ3n) is 6.54. The number of aromatic nitrogens is 2. The Morgan fingerprint density at radius 2 is 1.95 bits per heavy atom. The second-order valence-corrected chi connectivity index (χ2v) is 9.33. The number of carbonyl (C=O) groups is 2. The Hall–Kier alpha value is -3.83. The average molecular weight is 524 g/mol. The molecule has 2 heterocycles. The molecule has 0 atom stereocenters. The van der Waals surface area contributed by atoms with Crippen LogP contribution in [0.25, 0.3) is 11.5 Å². The predicted molar refractivity (Wildman–Crippen MR) is 141 cm³/mol. The molecule has 0 unspecified atom stereocenters. The van der Waals surface area contributed by atoms with Crippen molar-refractivity contribution < 1.29 is 18.5 Å². The highest BCUT2D eigenvalue weighted by Crippen LogP contribution is 2.28. The fraction of sp³-hybridized carbons (Fsp3) is 0.407. The number of likely N-dealkylation sites (N-methyl/N-ethyl adjacent to an activating group) is 2. The molecule has 38 heavy (non-hydrogen) atoms. The van der Waals surface area contributed by atoms with E-state index in [1.165, 1.54) is 11.1 Å². The van der Waals surface area contributed by atoms with E-state index in [0.29, 0.717) is 43.5 Å². The second kappa shape index (κ2) is 12.1. The van der Waals surface area contributed by atoms with Gasteiger partial charge in [-0.25, -0.2) is 9.40 Å². The minimum absolute atomic E-state index is 0.000408. The Morgan fingerprint density at radius 1 is 1.13 bits per heavy atom. The molecule has 1 aliphatic rings. The van der Waals surface area contributed by atoms with Crippen molar-refractivity contribution in [1.29, 1.82) is 0 Å². The van der Waals surface area contributed by atoms with Gasteiger partial charge in [-0.05, 0) is 55.8 Å². The molecule has 1 aromatic heterocycles. The summed E-state index contributed by atoms with van der Waals surface area (Å²) in [4.78, 5) is 32.2. The number of anilines is 1. The summed E-state index contributed by atoms with van der Waals surface area (Å²) in [6.07, 6.45) is 0. The first kappa shape index (κ1) is 27.2. The molecule has 0 aliphatic carbocycles. The molecular weight excluding hydrogens is 489 g/mol. The maximum atomic E-state index is 14.3. The number of rotatable bonds is 11. The van der Waals surface area contributed by atoms with Gasteiger partial charge < -0.3 is 20.1 Å². The number of hydrogen-bond donors (Lipinski definition) is 2. The first-order valence-corrected chi connectivity index (χ1v) is 12.7. The fourth-order valence-electron chi connectivity index (χ4n) is 4.48. The number of benzene rings is 2. The Morgan fingerprint density at radius 3 is 2.63 bits per heavy atom. The lowest BCUT2D eigenvalue weighted by molar-refractivity contribution is -0.145. The van der Waals surface area contributed by atoms with E-state index in [0.717, 1.165) is 28.9 Å². The van der Waals surface area contributed by atoms with Crippen molar-refractivity contribution in [3.63, 3.8) is 0 Å². The first-order chi connectivity index (χ1) is 18.3. The average Bonchev–Trinajstić information content (AvgIpc) is 3.53. The Labute approximate surface area is 221 Å². The van der Waals surface area contributed by atoms with Crippen molar-refractivity contribution in [2.24, 2.45) is 0 Å². The molecule has 2 aromatic carbocycles. The summed E-state index contributed by atoms with van der Waals surface area (Å²) in [5.41, 5.74) is 3.81. The molecule has 1 aliphatic heterocycles. The number of fused-ring (bicyclic) bond motifs is 1. The van der Waals surface area contributed by atoms with Gasteiger partial charge in [0.25, 0.3) is 11.8 Å². The number of amides is 2. The molecule has 0 bridgehead atoms. The zero-order valence-corrected chi connectivity index (χ0v) is 22.3. The van der Waals surface area contributed by atoms with E-state index in [-0.39, 0.29) is 30.7 Å². The molecule has 2 N–H and O–H groups in total. The Bertz CT molecular complexity index is 1300. The number of hydrazine groups is 1. The third kappa shape index (κ3) is 6.35. The molecule has 0 saturated heterocycles. The number of aryl methyl sites for hydroxylation is 2. The summed E-state index contributed by atoms with van der Waals surface area (Å²) in [6, 6.07) is 10.6. The lowest BCUT2D eigenvalue weighted by Crippen LogP contribution is -2.48. The van der Waals surface area contributed by atoms with Gasteiger partial charge in [0.1, 0.15) is 5.82 Å². The molecule has 4 rings (SSSR count). The third-order valence-corrected chi connectivity index (χ3v) is 6.54. The highest BCUT2D eigenvalue weighted by molar-refractivity contribution is 5.87. The molecule has 0 spiro atoms. The van der Waals surface area contributed by atoms with Crippen LogP contribution in [0.3, 0.4) is 0 Å². The van der Waals surface area contributed by atoms with Gasteiger partial charge in [0, 0.05) is 50.0 Å². The first-order valence-electron chi connectivity index (χ1n) is 12.7. The maximum absolute atomic E-state index is 14.3. The number of hydrogen-bond acceptors (Lipinski definition) is 8. The van der Waals surface area contributed by atoms with Crippen LogP contribution in [-0.2, 0) is 22.7 Å². The van der Waals surface area contributed by atoms with Crippen molar-refractivity contribution in [3.05, 3.63) is 64.7 Å². The fourth-order valence-corrected chi connectivity index (χ4v) is 4.48. The van der Waals surface area contributed by atoms with Crippen LogP contribution in [0.15, 0.2) is 40.9 Å². The summed E-state index contributed by atoms with van der Waals surface area (Å²) in [6.45, 7) is 8.34. The van der Waals surface area contributed by atoms with Crippen molar-refractivity contribution in [2.45, 2.75) is 33.9 Å². The molecule has 0 radical (unpaired) electrons. The molecule has 0 fully saturated rings. The van der Waals surface area contributed by atoms with Crippen LogP contribution < -0.4 is 15.5 Å². The van der Waals surface area contributed by atoms with Gasteiger partial charge in [0.05, 0.1) is 13.1 Å². The van der Waals surface area contributed by atoms with Crippen LogP contribution in [-0.4, -0.2) is 71.7 Å². The summed E-state index contributed by atoms with van der Waals surface area (Å²) in [5.74, 6) is 0.269. The summed E-state index contributed by atoms with van der Waals surface area (Å²) in [7, 11) is 1.68. The lowest BCUT2D eigenvalue weighted by Gasteiger charge is -2.32. The molecule has 0 saturated carbocycles. The summed E-state index contributed by atoms with van der Waals surface area (Å²) >= 11 is 0. The van der Waals surface area contributed by atoms with Crippen LogP contribution in [0.2, 0.25) is 0 Å². The summed E-state index contributed by atoms with van der Waals surface area (Å²) in [5, 5.41) is 13.2. The van der Waals surface area contributed by atoms with Crippen LogP contribution in [0.4, 0.5) is 10.1 Å². The Balaban J connectivity index is 1.50. The minimum atomic E-state index is -0.270. The van der Waals surface area contributed by atoms with Crippen LogP contribution in [0.5, 0.6) is 0 Å². The smallest absolute Gasteiger partial charge is 0.257 e. The van der Waals surface area contributed by atoms with Crippen LogP contribution >= 0.6 is 0 Å². The van der Waals surface area contributed by atoms with Gasteiger partial charge in [0.2, 0.25) is 5.91 Å². The second-order valence-electron chi connectivity index (χ2n) is 9.33. The largest absolute Gasteiger partial charge is 0.353 e. The van der Waals surface area contributed by atoms with E-state index < -0.39 is 0 Å². The van der Waals surface area contributed by atoms with Gasteiger partial charge in [-0.3, -0.25) is 14.6 Å². The molecule has 2 amide bonds. The van der Waals surface area contributed by atoms with E-state index in [9.17, 15) is 14.0 Å². The number of nitrogens with zero attached hydrogens (tertiary/aromatic N) is 5. The van der Waals surface area contributed by atoms with Gasteiger partial charge in [-0.1, -0.05) is 24.2 Å². The molecule has 202 valence electrons. The van der Waals surface area contributed by atoms with E-state index in [1.54, 1.807) is 29.9 Å². The van der Waals surface area contributed by atoms with E-state index in [2.05, 4.69) is 20.8 Å². The molecular formula is C27H34FN7O3. The number of nitrogens with one attached hydrogen (secondary N) is 2. The molecule has 11 heteroatoms. The van der Waals surface area contributed by atoms with Gasteiger partial charge >= 0.3 is 0 Å². The zero-order valence-electron chi connectivity index (χ0n) is 22.3. The standard InChI is InChI=1S/C27H34FN7O3/c1-5-29-11-12-30-25(36)16-34(24-10-9-20(13-18(24)2)27-31-19(3)32-38-27)17-26(37)33(4)35-14-21-7-6-8-23(28)22(21)15-35/h6-10,13,29H,5,11-12,14-17H2,1-4H3,(H,30,36). The molecule has 3 aromatic rings. The SMILES string of the molecule is CCNCCNC(=O)CN(CC(=O)N(C)N1Cc2cccc(F)c2C1)c1ccc(-c2nc(C)no2)cc1C. The van der Waals surface area contributed by atoms with Crippen molar-refractivity contribution >= 4 is 17.5 Å². The van der Waals surface area contributed by atoms with Gasteiger partial charge in [-0.2, -0.15) is 4.98 Å². The molecule has 10 nitrogen and oxygen atoms in total. The zero-order chi connectivity index (χ0) is 27.2. The van der Waals surface area contributed by atoms with E-state index >= 15 is 0 Å². The van der Waals surface area contributed by atoms with Crippen LogP contribution in [0, 0.1) is 19.7 Å². The monoisotopic (exact) mass is 523 g/mol. The van der Waals surface area contributed by atoms with E-state index in [4.69, 9.17) is 4.52 Å².